The minimum atomic E-state index is -0.0484. The maximum absolute atomic E-state index is 11.8. The number of carbonyl (C=O) groups is 2. The van der Waals surface area contributed by atoms with Gasteiger partial charge in [-0.2, -0.15) is 12.6 Å². The molecule has 0 bridgehead atoms. The number of rotatable bonds is 9. The number of thiol groups is 1. The topological polar surface area (TPSA) is 58.2 Å². The van der Waals surface area contributed by atoms with Crippen molar-refractivity contribution in [1.29, 1.82) is 0 Å². The average Bonchev–Trinajstić information content (AvgIpc) is 2.51. The molecule has 0 aromatic heterocycles. The second-order valence-corrected chi connectivity index (χ2v) is 5.33. The van der Waals surface area contributed by atoms with Crippen molar-refractivity contribution in [3.05, 3.63) is 35.9 Å². The molecule has 0 aliphatic rings. The third kappa shape index (κ3) is 7.75. The van der Waals surface area contributed by atoms with Gasteiger partial charge in [-0.25, -0.2) is 0 Å². The lowest BCUT2D eigenvalue weighted by molar-refractivity contribution is -0.122. The van der Waals surface area contributed by atoms with Gasteiger partial charge < -0.3 is 10.6 Å². The summed E-state index contributed by atoms with van der Waals surface area (Å²) in [5.74, 6) is 0.248. The Morgan fingerprint density at radius 2 is 1.81 bits per heavy atom. The predicted molar refractivity (Wildman–Crippen MR) is 88.3 cm³/mol. The summed E-state index contributed by atoms with van der Waals surface area (Å²) in [6, 6.07) is 9.96. The van der Waals surface area contributed by atoms with Crippen LogP contribution in [0.4, 0.5) is 0 Å². The van der Waals surface area contributed by atoms with Crippen molar-refractivity contribution in [2.45, 2.75) is 38.6 Å². The minimum Gasteiger partial charge on any atom is -0.355 e. The molecule has 21 heavy (non-hydrogen) atoms. The molecule has 1 unspecified atom stereocenters. The van der Waals surface area contributed by atoms with Crippen LogP contribution in [0.15, 0.2) is 30.3 Å². The number of benzene rings is 1. The van der Waals surface area contributed by atoms with Gasteiger partial charge in [-0.3, -0.25) is 9.59 Å². The molecule has 116 valence electrons. The van der Waals surface area contributed by atoms with Gasteiger partial charge in [-0.15, -0.1) is 0 Å². The first kappa shape index (κ1) is 17.6. The lowest BCUT2D eigenvalue weighted by atomic mass is 10.1. The molecule has 0 radical (unpaired) electrons. The largest absolute Gasteiger partial charge is 0.355 e. The smallest absolute Gasteiger partial charge is 0.229 e. The monoisotopic (exact) mass is 308 g/mol. The SMILES string of the molecule is CC(NC(=O)CCCCCNC(=O)CS)c1ccccc1. The van der Waals surface area contributed by atoms with E-state index in [2.05, 4.69) is 23.3 Å². The molecule has 1 atom stereocenters. The van der Waals surface area contributed by atoms with Gasteiger partial charge in [0.1, 0.15) is 0 Å². The summed E-state index contributed by atoms with van der Waals surface area (Å²) in [7, 11) is 0. The van der Waals surface area contributed by atoms with Crippen LogP contribution < -0.4 is 10.6 Å². The summed E-state index contributed by atoms with van der Waals surface area (Å²) in [4.78, 5) is 22.8. The molecule has 1 rings (SSSR count). The first-order valence-corrected chi connectivity index (χ1v) is 7.98. The Kier molecular flexibility index (Phi) is 8.59. The van der Waals surface area contributed by atoms with E-state index in [1.165, 1.54) is 0 Å². The second-order valence-electron chi connectivity index (χ2n) is 5.02. The average molecular weight is 308 g/mol. The van der Waals surface area contributed by atoms with E-state index >= 15 is 0 Å². The van der Waals surface area contributed by atoms with E-state index in [0.29, 0.717) is 13.0 Å². The van der Waals surface area contributed by atoms with E-state index in [-0.39, 0.29) is 23.6 Å². The highest BCUT2D eigenvalue weighted by atomic mass is 32.1. The molecule has 0 aliphatic heterocycles. The van der Waals surface area contributed by atoms with Crippen molar-refractivity contribution < 1.29 is 9.59 Å². The number of carbonyl (C=O) groups excluding carboxylic acids is 2. The third-order valence-corrected chi connectivity index (χ3v) is 3.51. The highest BCUT2D eigenvalue weighted by Crippen LogP contribution is 2.11. The van der Waals surface area contributed by atoms with E-state index in [1.54, 1.807) is 0 Å². The van der Waals surface area contributed by atoms with Gasteiger partial charge >= 0.3 is 0 Å². The van der Waals surface area contributed by atoms with Crippen LogP contribution in [0.5, 0.6) is 0 Å². The van der Waals surface area contributed by atoms with Crippen molar-refractivity contribution in [3.8, 4) is 0 Å². The van der Waals surface area contributed by atoms with Crippen LogP contribution >= 0.6 is 12.6 Å². The second kappa shape index (κ2) is 10.3. The summed E-state index contributed by atoms with van der Waals surface area (Å²) >= 11 is 3.88. The van der Waals surface area contributed by atoms with Crippen LogP contribution in [0, 0.1) is 0 Å². The number of hydrogen-bond donors (Lipinski definition) is 3. The van der Waals surface area contributed by atoms with Gasteiger partial charge in [0.05, 0.1) is 11.8 Å². The van der Waals surface area contributed by atoms with Crippen molar-refractivity contribution in [3.63, 3.8) is 0 Å². The molecule has 0 heterocycles. The zero-order valence-electron chi connectivity index (χ0n) is 12.5. The number of unbranched alkanes of at least 4 members (excludes halogenated alkanes) is 2. The Hall–Kier alpha value is -1.49. The molecule has 5 heteroatoms. The standard InChI is InChI=1S/C16H24N2O2S/c1-13(14-8-4-2-5-9-14)18-15(19)10-6-3-7-11-17-16(20)12-21/h2,4-5,8-9,13,21H,3,6-7,10-12H2,1H3,(H,17,20)(H,18,19). The van der Waals surface area contributed by atoms with Gasteiger partial charge in [0.15, 0.2) is 0 Å². The minimum absolute atomic E-state index is 0.0355. The van der Waals surface area contributed by atoms with Crippen LogP contribution in [0.1, 0.15) is 44.2 Å². The van der Waals surface area contributed by atoms with Gasteiger partial charge in [0, 0.05) is 13.0 Å². The van der Waals surface area contributed by atoms with Crippen molar-refractivity contribution in [2.24, 2.45) is 0 Å². The molecular weight excluding hydrogens is 284 g/mol. The Balaban J connectivity index is 2.10. The van der Waals surface area contributed by atoms with Gasteiger partial charge in [0.2, 0.25) is 11.8 Å². The van der Waals surface area contributed by atoms with Crippen LogP contribution in [0.2, 0.25) is 0 Å². The van der Waals surface area contributed by atoms with Gasteiger partial charge in [-0.05, 0) is 25.3 Å². The summed E-state index contributed by atoms with van der Waals surface area (Å²) in [5.41, 5.74) is 1.11. The molecule has 0 saturated carbocycles. The van der Waals surface area contributed by atoms with Crippen molar-refractivity contribution in [2.75, 3.05) is 12.3 Å². The van der Waals surface area contributed by atoms with Crippen LogP contribution in [0.25, 0.3) is 0 Å². The molecule has 0 aliphatic carbocycles. The highest BCUT2D eigenvalue weighted by molar-refractivity contribution is 7.81. The zero-order valence-corrected chi connectivity index (χ0v) is 13.4. The lowest BCUT2D eigenvalue weighted by Gasteiger charge is -2.14. The Morgan fingerprint density at radius 3 is 2.48 bits per heavy atom. The fourth-order valence-electron chi connectivity index (χ4n) is 2.01. The quantitative estimate of drug-likeness (QED) is 0.485. The van der Waals surface area contributed by atoms with E-state index in [0.717, 1.165) is 24.8 Å². The van der Waals surface area contributed by atoms with Crippen LogP contribution in [-0.2, 0) is 9.59 Å². The van der Waals surface area contributed by atoms with Gasteiger partial charge in [-0.1, -0.05) is 36.8 Å². The summed E-state index contributed by atoms with van der Waals surface area (Å²) in [6.07, 6.45) is 3.18. The Labute approximate surface area is 132 Å². The molecular formula is C16H24N2O2S. The maximum Gasteiger partial charge on any atom is 0.229 e. The van der Waals surface area contributed by atoms with Gasteiger partial charge in [0.25, 0.3) is 0 Å². The first-order chi connectivity index (χ1) is 10.1. The number of amides is 2. The molecule has 1 aromatic carbocycles. The summed E-state index contributed by atoms with van der Waals surface area (Å²) in [6.45, 7) is 2.64. The molecule has 0 saturated heterocycles. The predicted octanol–water partition coefficient (Wildman–Crippen LogP) is 2.47. The molecule has 4 nitrogen and oxygen atoms in total. The van der Waals surface area contributed by atoms with Crippen molar-refractivity contribution >= 4 is 24.4 Å². The lowest BCUT2D eigenvalue weighted by Crippen LogP contribution is -2.26. The van der Waals surface area contributed by atoms with E-state index in [4.69, 9.17) is 0 Å². The normalized spacial score (nSPS) is 11.7. The van der Waals surface area contributed by atoms with E-state index in [1.807, 2.05) is 37.3 Å². The molecule has 0 spiro atoms. The fourth-order valence-corrected chi connectivity index (χ4v) is 2.12. The third-order valence-electron chi connectivity index (χ3n) is 3.22. The Morgan fingerprint density at radius 1 is 1.10 bits per heavy atom. The molecule has 2 amide bonds. The van der Waals surface area contributed by atoms with Crippen LogP contribution in [-0.4, -0.2) is 24.1 Å². The maximum atomic E-state index is 11.8. The fraction of sp³-hybridized carbons (Fsp3) is 0.500. The first-order valence-electron chi connectivity index (χ1n) is 7.35. The van der Waals surface area contributed by atoms with Crippen molar-refractivity contribution in [1.82, 2.24) is 10.6 Å². The Bertz CT molecular complexity index is 437. The summed E-state index contributed by atoms with van der Waals surface area (Å²) in [5, 5.41) is 5.75. The molecule has 0 fully saturated rings. The number of hydrogen-bond acceptors (Lipinski definition) is 3. The zero-order chi connectivity index (χ0) is 15.5. The highest BCUT2D eigenvalue weighted by Gasteiger charge is 2.08. The van der Waals surface area contributed by atoms with Crippen LogP contribution in [0.3, 0.4) is 0 Å². The summed E-state index contributed by atoms with van der Waals surface area (Å²) < 4.78 is 0. The van der Waals surface area contributed by atoms with E-state index < -0.39 is 0 Å². The molecule has 2 N–H and O–H groups in total. The molecule has 1 aromatic rings. The number of nitrogens with one attached hydrogen (secondary N) is 2. The van der Waals surface area contributed by atoms with E-state index in [9.17, 15) is 9.59 Å².